The maximum atomic E-state index is 11.5. The Bertz CT molecular complexity index is 486. The molecule has 0 amide bonds. The number of hydrogen-bond donors (Lipinski definition) is 0. The molecule has 102 valence electrons. The van der Waals surface area contributed by atoms with Crippen molar-refractivity contribution in [1.82, 2.24) is 0 Å². The topological polar surface area (TPSA) is 43.4 Å². The summed E-state index contributed by atoms with van der Waals surface area (Å²) in [6, 6.07) is 5.21. The Morgan fingerprint density at radius 1 is 1.28 bits per heavy atom. The molecule has 0 atom stereocenters. The first-order chi connectivity index (χ1) is 8.48. The summed E-state index contributed by atoms with van der Waals surface area (Å²) in [5.41, 5.74) is 0.896. The lowest BCUT2D eigenvalue weighted by Crippen LogP contribution is -2.16. The van der Waals surface area contributed by atoms with E-state index >= 15 is 0 Å². The van der Waals surface area contributed by atoms with Crippen molar-refractivity contribution >= 4 is 33.0 Å². The van der Waals surface area contributed by atoms with Gasteiger partial charge in [-0.3, -0.25) is 0 Å². The van der Waals surface area contributed by atoms with Gasteiger partial charge < -0.3 is 4.74 Å². The molecule has 1 rings (SSSR count). The molecule has 0 saturated carbocycles. The van der Waals surface area contributed by atoms with Gasteiger partial charge in [0, 0.05) is 5.88 Å². The van der Waals surface area contributed by atoms with Crippen LogP contribution in [-0.4, -0.2) is 26.5 Å². The molecular weight excluding hydrogens is 295 g/mol. The Balaban J connectivity index is 2.54. The summed E-state index contributed by atoms with van der Waals surface area (Å²) < 4.78 is 28.3. The number of ether oxygens (including phenoxy) is 1. The van der Waals surface area contributed by atoms with E-state index in [4.69, 9.17) is 27.9 Å². The van der Waals surface area contributed by atoms with E-state index in [0.29, 0.717) is 23.1 Å². The summed E-state index contributed by atoms with van der Waals surface area (Å²) in [5.74, 6) is 1.06. The van der Waals surface area contributed by atoms with Crippen LogP contribution >= 0.6 is 23.2 Å². The number of halogens is 2. The molecule has 0 unspecified atom stereocenters. The molecule has 3 nitrogen and oxygen atoms in total. The lowest BCUT2D eigenvalue weighted by Gasteiger charge is -2.09. The highest BCUT2D eigenvalue weighted by Crippen LogP contribution is 2.26. The van der Waals surface area contributed by atoms with Crippen LogP contribution in [0.3, 0.4) is 0 Å². The van der Waals surface area contributed by atoms with Gasteiger partial charge in [-0.2, -0.15) is 0 Å². The number of benzene rings is 1. The van der Waals surface area contributed by atoms with Gasteiger partial charge in [0.15, 0.2) is 9.84 Å². The number of rotatable bonds is 7. The Hall–Kier alpha value is -0.450. The number of alkyl halides is 1. The molecule has 0 bridgehead atoms. The summed E-state index contributed by atoms with van der Waals surface area (Å²) in [7, 11) is -3.02. The van der Waals surface area contributed by atoms with Crippen molar-refractivity contribution in [2.45, 2.75) is 19.2 Å². The first-order valence-electron chi connectivity index (χ1n) is 5.66. The van der Waals surface area contributed by atoms with Gasteiger partial charge in [-0.05, 0) is 24.1 Å². The maximum absolute atomic E-state index is 11.5. The summed E-state index contributed by atoms with van der Waals surface area (Å²) >= 11 is 11.7. The molecule has 0 aliphatic carbocycles. The van der Waals surface area contributed by atoms with Gasteiger partial charge in [0.2, 0.25) is 0 Å². The van der Waals surface area contributed by atoms with Crippen molar-refractivity contribution in [3.8, 4) is 5.75 Å². The zero-order chi connectivity index (χ0) is 13.6. The van der Waals surface area contributed by atoms with Crippen molar-refractivity contribution in [1.29, 1.82) is 0 Å². The molecule has 0 spiro atoms. The monoisotopic (exact) mass is 310 g/mol. The Morgan fingerprint density at radius 3 is 2.56 bits per heavy atom. The summed E-state index contributed by atoms with van der Waals surface area (Å²) in [6.45, 7) is 1.95. The molecule has 1 aromatic carbocycles. The predicted molar refractivity (Wildman–Crippen MR) is 75.4 cm³/mol. The first-order valence-corrected chi connectivity index (χ1v) is 8.39. The minimum atomic E-state index is -3.02. The zero-order valence-corrected chi connectivity index (χ0v) is 12.5. The summed E-state index contributed by atoms with van der Waals surface area (Å²) in [5, 5.41) is 0.445. The van der Waals surface area contributed by atoms with Gasteiger partial charge in [0.1, 0.15) is 12.4 Å². The van der Waals surface area contributed by atoms with Crippen LogP contribution in [0.4, 0.5) is 0 Å². The molecule has 1 aromatic rings. The van der Waals surface area contributed by atoms with Crippen LogP contribution in [0.2, 0.25) is 5.02 Å². The molecule has 0 N–H and O–H groups in total. The molecule has 0 fully saturated rings. The molecule has 18 heavy (non-hydrogen) atoms. The van der Waals surface area contributed by atoms with Gasteiger partial charge in [0.25, 0.3) is 0 Å². The van der Waals surface area contributed by atoms with Crippen LogP contribution in [-0.2, 0) is 15.7 Å². The van der Waals surface area contributed by atoms with E-state index in [0.717, 1.165) is 5.56 Å². The highest BCUT2D eigenvalue weighted by Gasteiger charge is 2.10. The number of sulfone groups is 1. The minimum Gasteiger partial charge on any atom is -0.491 e. The quantitative estimate of drug-likeness (QED) is 0.726. The normalized spacial score (nSPS) is 11.5. The molecule has 0 aromatic heterocycles. The fourth-order valence-electron chi connectivity index (χ4n) is 1.44. The third-order valence-electron chi connectivity index (χ3n) is 2.32. The highest BCUT2D eigenvalue weighted by molar-refractivity contribution is 7.91. The Morgan fingerprint density at radius 2 is 2.00 bits per heavy atom. The SMILES string of the molecule is CCCS(=O)(=O)CCOc1ccc(CCl)cc1Cl. The second kappa shape index (κ2) is 7.22. The van der Waals surface area contributed by atoms with Crippen molar-refractivity contribution in [3.05, 3.63) is 28.8 Å². The van der Waals surface area contributed by atoms with E-state index in [1.807, 2.05) is 6.92 Å². The van der Waals surface area contributed by atoms with E-state index in [1.54, 1.807) is 18.2 Å². The van der Waals surface area contributed by atoms with Gasteiger partial charge in [-0.1, -0.05) is 24.6 Å². The van der Waals surface area contributed by atoms with Crippen molar-refractivity contribution in [2.24, 2.45) is 0 Å². The van der Waals surface area contributed by atoms with Crippen LogP contribution in [0.15, 0.2) is 18.2 Å². The minimum absolute atomic E-state index is 0.00836. The fraction of sp³-hybridized carbons (Fsp3) is 0.500. The van der Waals surface area contributed by atoms with Gasteiger partial charge in [-0.25, -0.2) is 8.42 Å². The third kappa shape index (κ3) is 5.04. The molecule has 0 aliphatic heterocycles. The van der Waals surface area contributed by atoms with E-state index in [2.05, 4.69) is 0 Å². The van der Waals surface area contributed by atoms with Crippen LogP contribution in [0.5, 0.6) is 5.75 Å². The standard InChI is InChI=1S/C12H16Cl2O3S/c1-2-6-18(15,16)7-5-17-12-4-3-10(9-13)8-11(12)14/h3-4,8H,2,5-7,9H2,1H3. The number of hydrogen-bond acceptors (Lipinski definition) is 3. The largest absolute Gasteiger partial charge is 0.491 e. The second-order valence-electron chi connectivity index (χ2n) is 3.90. The molecule has 0 heterocycles. The lowest BCUT2D eigenvalue weighted by atomic mass is 10.2. The van der Waals surface area contributed by atoms with E-state index in [9.17, 15) is 8.42 Å². The average molecular weight is 311 g/mol. The maximum Gasteiger partial charge on any atom is 0.153 e. The van der Waals surface area contributed by atoms with Gasteiger partial charge >= 0.3 is 0 Å². The molecule has 0 saturated heterocycles. The summed E-state index contributed by atoms with van der Waals surface area (Å²) in [6.07, 6.45) is 0.619. The molecule has 6 heteroatoms. The van der Waals surface area contributed by atoms with Gasteiger partial charge in [0.05, 0.1) is 16.5 Å². The lowest BCUT2D eigenvalue weighted by molar-refractivity contribution is 0.341. The van der Waals surface area contributed by atoms with Crippen LogP contribution in [0.25, 0.3) is 0 Å². The average Bonchev–Trinajstić information content (AvgIpc) is 2.31. The van der Waals surface area contributed by atoms with E-state index in [1.165, 1.54) is 0 Å². The van der Waals surface area contributed by atoms with Crippen LogP contribution in [0.1, 0.15) is 18.9 Å². The molecular formula is C12H16Cl2O3S. The Kier molecular flexibility index (Phi) is 6.26. The predicted octanol–water partition coefficient (Wildman–Crippen LogP) is 3.28. The van der Waals surface area contributed by atoms with Crippen molar-refractivity contribution in [3.63, 3.8) is 0 Å². The summed E-state index contributed by atoms with van der Waals surface area (Å²) in [4.78, 5) is 0. The first kappa shape index (κ1) is 15.6. The Labute approximate surface area is 118 Å². The third-order valence-corrected chi connectivity index (χ3v) is 4.74. The van der Waals surface area contributed by atoms with Crippen molar-refractivity contribution < 1.29 is 13.2 Å². The van der Waals surface area contributed by atoms with Crippen LogP contribution in [0, 0.1) is 0 Å². The van der Waals surface area contributed by atoms with Gasteiger partial charge in [-0.15, -0.1) is 11.6 Å². The smallest absolute Gasteiger partial charge is 0.153 e. The fourth-order valence-corrected chi connectivity index (χ4v) is 3.02. The molecule has 0 radical (unpaired) electrons. The van der Waals surface area contributed by atoms with E-state index in [-0.39, 0.29) is 18.1 Å². The second-order valence-corrected chi connectivity index (χ2v) is 6.88. The van der Waals surface area contributed by atoms with E-state index < -0.39 is 9.84 Å². The zero-order valence-electron chi connectivity index (χ0n) is 10.2. The van der Waals surface area contributed by atoms with Crippen molar-refractivity contribution in [2.75, 3.05) is 18.1 Å². The molecule has 0 aliphatic rings. The highest BCUT2D eigenvalue weighted by atomic mass is 35.5. The van der Waals surface area contributed by atoms with Crippen LogP contribution < -0.4 is 4.74 Å².